The van der Waals surface area contributed by atoms with Gasteiger partial charge in [0.15, 0.2) is 0 Å². The van der Waals surface area contributed by atoms with E-state index in [0.717, 1.165) is 24.2 Å². The summed E-state index contributed by atoms with van der Waals surface area (Å²) in [7, 11) is 0. The van der Waals surface area contributed by atoms with E-state index in [9.17, 15) is 4.79 Å². The highest BCUT2D eigenvalue weighted by Gasteiger charge is 2.24. The molecule has 1 amide bonds. The summed E-state index contributed by atoms with van der Waals surface area (Å²) in [6.45, 7) is 1.89. The number of hydrogen-bond donors (Lipinski definition) is 0. The second kappa shape index (κ2) is 7.44. The average Bonchev–Trinajstić information content (AvgIpc) is 3.10. The molecule has 0 aliphatic carbocycles. The number of benzene rings is 3. The van der Waals surface area contributed by atoms with Crippen molar-refractivity contribution in [2.45, 2.75) is 13.0 Å². The van der Waals surface area contributed by atoms with Gasteiger partial charge >= 0.3 is 0 Å². The van der Waals surface area contributed by atoms with Crippen LogP contribution in [0.4, 0.5) is 11.4 Å². The van der Waals surface area contributed by atoms with Crippen molar-refractivity contribution in [1.29, 1.82) is 0 Å². The van der Waals surface area contributed by atoms with Crippen molar-refractivity contribution in [3.63, 3.8) is 0 Å². The predicted molar refractivity (Wildman–Crippen MR) is 106 cm³/mol. The molecule has 0 fully saturated rings. The van der Waals surface area contributed by atoms with Gasteiger partial charge in [0.1, 0.15) is 0 Å². The van der Waals surface area contributed by atoms with Gasteiger partial charge in [-0.2, -0.15) is 0 Å². The van der Waals surface area contributed by atoms with Crippen molar-refractivity contribution >= 4 is 17.3 Å². The number of carbonyl (C=O) groups is 1. The van der Waals surface area contributed by atoms with Crippen LogP contribution in [0.25, 0.3) is 0 Å². The molecule has 0 atom stereocenters. The van der Waals surface area contributed by atoms with Crippen LogP contribution in [0.15, 0.2) is 84.9 Å². The fraction of sp³-hybridized carbons (Fsp3) is 0.174. The number of fused-ring (bicyclic) bond motifs is 1. The second-order valence-electron chi connectivity index (χ2n) is 6.60. The third-order valence-electron chi connectivity index (χ3n) is 4.86. The summed E-state index contributed by atoms with van der Waals surface area (Å²) in [5.41, 5.74) is 4.59. The maximum atomic E-state index is 13.2. The van der Waals surface area contributed by atoms with E-state index < -0.39 is 0 Å². The van der Waals surface area contributed by atoms with Crippen LogP contribution in [0.2, 0.25) is 0 Å². The summed E-state index contributed by atoms with van der Waals surface area (Å²) >= 11 is 0. The van der Waals surface area contributed by atoms with Gasteiger partial charge < -0.3 is 9.80 Å². The van der Waals surface area contributed by atoms with Crippen LogP contribution in [0, 0.1) is 0 Å². The molecular formula is C23H22N2O. The van der Waals surface area contributed by atoms with Gasteiger partial charge in [0, 0.05) is 17.9 Å². The minimum Gasteiger partial charge on any atom is -0.362 e. The molecule has 1 heterocycles. The number of nitrogens with zero attached hydrogens (tertiary/aromatic N) is 2. The van der Waals surface area contributed by atoms with Gasteiger partial charge in [-0.25, -0.2) is 0 Å². The molecule has 26 heavy (non-hydrogen) atoms. The summed E-state index contributed by atoms with van der Waals surface area (Å²) in [5, 5.41) is 0. The first-order valence-electron chi connectivity index (χ1n) is 9.03. The molecule has 0 N–H and O–H groups in total. The number of amides is 1. The van der Waals surface area contributed by atoms with Crippen molar-refractivity contribution in [2.24, 2.45) is 0 Å². The third-order valence-corrected chi connectivity index (χ3v) is 4.86. The van der Waals surface area contributed by atoms with Crippen LogP contribution in [-0.2, 0) is 17.8 Å². The summed E-state index contributed by atoms with van der Waals surface area (Å²) in [6.07, 6.45) is 1.01. The first-order chi connectivity index (χ1) is 12.8. The van der Waals surface area contributed by atoms with Crippen molar-refractivity contribution in [3.8, 4) is 0 Å². The monoisotopic (exact) mass is 342 g/mol. The van der Waals surface area contributed by atoms with Gasteiger partial charge in [-0.1, -0.05) is 66.7 Å². The molecule has 3 heteroatoms. The normalized spacial score (nSPS) is 12.7. The number of para-hydroxylation sites is 2. The van der Waals surface area contributed by atoms with Crippen LogP contribution in [0.5, 0.6) is 0 Å². The van der Waals surface area contributed by atoms with Crippen molar-refractivity contribution in [1.82, 2.24) is 0 Å². The Morgan fingerprint density at radius 1 is 0.846 bits per heavy atom. The van der Waals surface area contributed by atoms with Crippen molar-refractivity contribution in [2.75, 3.05) is 22.9 Å². The van der Waals surface area contributed by atoms with Crippen LogP contribution in [0.3, 0.4) is 0 Å². The van der Waals surface area contributed by atoms with Crippen LogP contribution in [-0.4, -0.2) is 19.0 Å². The molecule has 4 rings (SSSR count). The zero-order valence-corrected chi connectivity index (χ0v) is 14.7. The first-order valence-corrected chi connectivity index (χ1v) is 9.03. The number of rotatable bonds is 5. The highest BCUT2D eigenvalue weighted by molar-refractivity contribution is 5.96. The smallest absolute Gasteiger partial charge is 0.246 e. The predicted octanol–water partition coefficient (Wildman–Crippen LogP) is 4.28. The Balaban J connectivity index is 1.57. The van der Waals surface area contributed by atoms with E-state index in [-0.39, 0.29) is 5.91 Å². The highest BCUT2D eigenvalue weighted by Crippen LogP contribution is 2.27. The van der Waals surface area contributed by atoms with Crippen LogP contribution in [0.1, 0.15) is 11.1 Å². The Labute approximate surface area is 154 Å². The van der Waals surface area contributed by atoms with E-state index >= 15 is 0 Å². The summed E-state index contributed by atoms with van der Waals surface area (Å²) in [6, 6.07) is 28.5. The largest absolute Gasteiger partial charge is 0.362 e. The summed E-state index contributed by atoms with van der Waals surface area (Å²) in [4.78, 5) is 17.3. The van der Waals surface area contributed by atoms with E-state index in [2.05, 4.69) is 35.2 Å². The number of anilines is 2. The van der Waals surface area contributed by atoms with Gasteiger partial charge in [0.2, 0.25) is 5.91 Å². The minimum absolute atomic E-state index is 0.122. The number of hydrogen-bond acceptors (Lipinski definition) is 2. The van der Waals surface area contributed by atoms with Gasteiger partial charge in [-0.3, -0.25) is 4.79 Å². The Kier molecular flexibility index (Phi) is 4.69. The van der Waals surface area contributed by atoms with E-state index in [1.54, 1.807) is 0 Å². The molecule has 1 aliphatic heterocycles. The summed E-state index contributed by atoms with van der Waals surface area (Å²) in [5.74, 6) is 0.122. The van der Waals surface area contributed by atoms with E-state index in [1.807, 2.05) is 59.5 Å². The minimum atomic E-state index is 0.122. The molecule has 0 saturated heterocycles. The highest BCUT2D eigenvalue weighted by atomic mass is 16.2. The SMILES string of the molecule is O=C(CN1CCc2ccccc21)N(Cc1ccccc1)c1ccccc1. The van der Waals surface area contributed by atoms with Gasteiger partial charge in [0.05, 0.1) is 13.1 Å². The van der Waals surface area contributed by atoms with E-state index in [4.69, 9.17) is 0 Å². The third kappa shape index (κ3) is 3.47. The van der Waals surface area contributed by atoms with E-state index in [0.29, 0.717) is 13.1 Å². The van der Waals surface area contributed by atoms with Gasteiger partial charge in [-0.05, 0) is 35.7 Å². The lowest BCUT2D eigenvalue weighted by Gasteiger charge is -2.27. The Hall–Kier alpha value is -3.07. The molecule has 0 bridgehead atoms. The average molecular weight is 342 g/mol. The fourth-order valence-electron chi connectivity index (χ4n) is 3.52. The lowest BCUT2D eigenvalue weighted by atomic mass is 10.2. The molecule has 0 spiro atoms. The Morgan fingerprint density at radius 3 is 2.27 bits per heavy atom. The Bertz CT molecular complexity index is 877. The van der Waals surface area contributed by atoms with Crippen molar-refractivity contribution < 1.29 is 4.79 Å². The molecule has 1 aliphatic rings. The molecular weight excluding hydrogens is 320 g/mol. The first kappa shape index (κ1) is 16.4. The topological polar surface area (TPSA) is 23.6 Å². The van der Waals surface area contributed by atoms with Crippen LogP contribution < -0.4 is 9.80 Å². The van der Waals surface area contributed by atoms with E-state index in [1.165, 1.54) is 11.3 Å². The second-order valence-corrected chi connectivity index (χ2v) is 6.60. The fourth-order valence-corrected chi connectivity index (χ4v) is 3.52. The lowest BCUT2D eigenvalue weighted by Crippen LogP contribution is -2.39. The standard InChI is InChI=1S/C23H22N2O/c26-23(18-24-16-15-20-11-7-8-14-22(20)24)25(21-12-5-2-6-13-21)17-19-9-3-1-4-10-19/h1-14H,15-18H2. The summed E-state index contributed by atoms with van der Waals surface area (Å²) < 4.78 is 0. The molecule has 3 nitrogen and oxygen atoms in total. The van der Waals surface area contributed by atoms with Crippen LogP contribution >= 0.6 is 0 Å². The lowest BCUT2D eigenvalue weighted by molar-refractivity contribution is -0.117. The molecule has 130 valence electrons. The molecule has 0 unspecified atom stereocenters. The van der Waals surface area contributed by atoms with Gasteiger partial charge in [-0.15, -0.1) is 0 Å². The zero-order valence-electron chi connectivity index (χ0n) is 14.7. The molecule has 0 radical (unpaired) electrons. The quantitative estimate of drug-likeness (QED) is 0.691. The van der Waals surface area contributed by atoms with Gasteiger partial charge in [0.25, 0.3) is 0 Å². The Morgan fingerprint density at radius 2 is 1.50 bits per heavy atom. The zero-order chi connectivity index (χ0) is 17.8. The maximum absolute atomic E-state index is 13.2. The molecule has 0 saturated carbocycles. The van der Waals surface area contributed by atoms with Crippen molar-refractivity contribution in [3.05, 3.63) is 96.1 Å². The number of carbonyl (C=O) groups excluding carboxylic acids is 1. The molecule has 3 aromatic carbocycles. The molecule has 0 aromatic heterocycles. The maximum Gasteiger partial charge on any atom is 0.246 e. The molecule has 3 aromatic rings.